The highest BCUT2D eigenvalue weighted by Gasteiger charge is 2.38. The number of esters is 1. The van der Waals surface area contributed by atoms with Crippen LogP contribution in [0.25, 0.3) is 0 Å². The van der Waals surface area contributed by atoms with Crippen molar-refractivity contribution in [2.45, 2.75) is 51.1 Å². The molecule has 1 aromatic heterocycles. The fourth-order valence-corrected chi connectivity index (χ4v) is 7.00. The molecule has 3 aliphatic rings. The number of fused-ring (bicyclic) bond motifs is 1. The fourth-order valence-electron chi connectivity index (χ4n) is 6.76. The number of carbonyl (C=O) groups excluding carboxylic acids is 4. The topological polar surface area (TPSA) is 151 Å². The Hall–Kier alpha value is -5.25. The van der Waals surface area contributed by atoms with Crippen molar-refractivity contribution in [3.8, 4) is 0 Å². The number of urea groups is 1. The second kappa shape index (κ2) is 15.8. The van der Waals surface area contributed by atoms with E-state index in [1.807, 2.05) is 29.2 Å². The molecule has 0 spiro atoms. The number of nitrogen functional groups attached to an aromatic ring is 1. The minimum Gasteiger partial charge on any atom is -0.462 e. The molecule has 0 saturated carbocycles. The predicted octanol–water partition coefficient (Wildman–Crippen LogP) is 5.42. The summed E-state index contributed by atoms with van der Waals surface area (Å²) in [6.45, 7) is 3.96. The number of aromatic nitrogens is 1. The summed E-state index contributed by atoms with van der Waals surface area (Å²) in [5, 5.41) is 2.57. The van der Waals surface area contributed by atoms with Crippen LogP contribution in [0.15, 0.2) is 54.7 Å². The first-order valence-corrected chi connectivity index (χ1v) is 17.6. The number of hydrogen-bond donors (Lipinski definition) is 2. The molecule has 6 rings (SSSR count). The largest absolute Gasteiger partial charge is 0.462 e. The number of carbonyl (C=O) groups is 4. The van der Waals surface area contributed by atoms with Gasteiger partial charge >= 0.3 is 24.3 Å². The molecule has 3 N–H and O–H groups in total. The average molecular weight is 758 g/mol. The van der Waals surface area contributed by atoms with Gasteiger partial charge in [0, 0.05) is 70.2 Å². The van der Waals surface area contributed by atoms with E-state index in [9.17, 15) is 32.3 Å². The van der Waals surface area contributed by atoms with Gasteiger partial charge in [-0.2, -0.15) is 13.2 Å². The van der Waals surface area contributed by atoms with E-state index in [-0.39, 0.29) is 61.9 Å². The van der Waals surface area contributed by atoms with Gasteiger partial charge in [0.25, 0.3) is 5.91 Å². The van der Waals surface area contributed by atoms with E-state index in [1.54, 1.807) is 24.0 Å². The zero-order valence-corrected chi connectivity index (χ0v) is 29.7. The summed E-state index contributed by atoms with van der Waals surface area (Å²) < 4.78 is 52.3. The molecule has 0 unspecified atom stereocenters. The molecule has 0 aliphatic carbocycles. The number of benzene rings is 2. The number of anilines is 3. The van der Waals surface area contributed by atoms with Gasteiger partial charge in [0.05, 0.1) is 28.4 Å². The molecule has 1 atom stereocenters. The lowest BCUT2D eigenvalue weighted by atomic mass is 10.0. The Labute approximate surface area is 308 Å². The zero-order valence-electron chi connectivity index (χ0n) is 28.9. The SMILES string of the molecule is CCOC(=O)c1ccc(N2CCN(C(=O)[C@@H](Cc3cc(Cl)c(N)c(C(F)(F)F)c3)OC(=O)N3CCC(N4Cc5ccccc5NC4=O)CC3)CC2)nc1. The van der Waals surface area contributed by atoms with E-state index in [1.165, 1.54) is 22.1 Å². The van der Waals surface area contributed by atoms with Crippen LogP contribution < -0.4 is 16.0 Å². The summed E-state index contributed by atoms with van der Waals surface area (Å²) in [5.74, 6) is -0.486. The maximum atomic E-state index is 14.0. The Morgan fingerprint density at radius 2 is 1.74 bits per heavy atom. The van der Waals surface area contributed by atoms with E-state index < -0.39 is 41.5 Å². The van der Waals surface area contributed by atoms with Gasteiger partial charge in [0.1, 0.15) is 5.82 Å². The number of pyridine rings is 1. The Morgan fingerprint density at radius 1 is 1.02 bits per heavy atom. The third-order valence-electron chi connectivity index (χ3n) is 9.63. The number of likely N-dealkylation sites (tertiary alicyclic amines) is 1. The monoisotopic (exact) mass is 757 g/mol. The lowest BCUT2D eigenvalue weighted by molar-refractivity contribution is -0.141. The van der Waals surface area contributed by atoms with Gasteiger partial charge in [0.15, 0.2) is 6.10 Å². The number of rotatable bonds is 8. The number of piperidine rings is 1. The number of amides is 4. The molecule has 4 heterocycles. The number of nitrogens with two attached hydrogens (primary N) is 1. The van der Waals surface area contributed by atoms with Crippen molar-refractivity contribution in [2.24, 2.45) is 0 Å². The van der Waals surface area contributed by atoms with Crippen molar-refractivity contribution in [1.29, 1.82) is 0 Å². The smallest absolute Gasteiger partial charge is 0.418 e. The summed E-state index contributed by atoms with van der Waals surface area (Å²) in [5.41, 5.74) is 5.91. The second-order valence-corrected chi connectivity index (χ2v) is 13.4. The summed E-state index contributed by atoms with van der Waals surface area (Å²) in [6, 6.07) is 12.5. The summed E-state index contributed by atoms with van der Waals surface area (Å²) in [6.07, 6.45) is -5.12. The van der Waals surface area contributed by atoms with E-state index >= 15 is 0 Å². The van der Waals surface area contributed by atoms with Crippen LogP contribution in [0.4, 0.5) is 40.0 Å². The van der Waals surface area contributed by atoms with Gasteiger partial charge in [-0.15, -0.1) is 0 Å². The lowest BCUT2D eigenvalue weighted by Gasteiger charge is -2.40. The molecule has 282 valence electrons. The zero-order chi connectivity index (χ0) is 37.9. The Morgan fingerprint density at radius 3 is 2.40 bits per heavy atom. The van der Waals surface area contributed by atoms with E-state index in [2.05, 4.69) is 10.3 Å². The van der Waals surface area contributed by atoms with Crippen molar-refractivity contribution < 1.29 is 41.8 Å². The van der Waals surface area contributed by atoms with Gasteiger partial charge in [-0.05, 0) is 61.2 Å². The van der Waals surface area contributed by atoms with Crippen LogP contribution in [-0.2, 0) is 33.4 Å². The Balaban J connectivity index is 1.13. The normalized spacial score (nSPS) is 17.2. The number of para-hydroxylation sites is 1. The van der Waals surface area contributed by atoms with Crippen molar-refractivity contribution in [3.63, 3.8) is 0 Å². The molecule has 0 radical (unpaired) electrons. The molecule has 3 aromatic rings. The average Bonchev–Trinajstić information content (AvgIpc) is 3.15. The molecule has 2 fully saturated rings. The second-order valence-electron chi connectivity index (χ2n) is 13.0. The first kappa shape index (κ1) is 37.5. The number of hydrogen-bond acceptors (Lipinski definition) is 9. The Kier molecular flexibility index (Phi) is 11.2. The van der Waals surface area contributed by atoms with Crippen molar-refractivity contribution >= 4 is 52.8 Å². The first-order chi connectivity index (χ1) is 25.3. The number of halogens is 4. The van der Waals surface area contributed by atoms with Gasteiger partial charge in [-0.1, -0.05) is 29.8 Å². The van der Waals surface area contributed by atoms with Crippen LogP contribution in [0, 0.1) is 0 Å². The third kappa shape index (κ3) is 8.53. The van der Waals surface area contributed by atoms with Crippen molar-refractivity contribution in [3.05, 3.63) is 82.0 Å². The maximum absolute atomic E-state index is 14.0. The molecular weight excluding hydrogens is 719 g/mol. The van der Waals surface area contributed by atoms with Crippen LogP contribution in [0.3, 0.4) is 0 Å². The molecule has 0 bridgehead atoms. The highest BCUT2D eigenvalue weighted by Crippen LogP contribution is 2.38. The van der Waals surface area contributed by atoms with E-state index in [4.69, 9.17) is 26.8 Å². The highest BCUT2D eigenvalue weighted by atomic mass is 35.5. The van der Waals surface area contributed by atoms with Gasteiger partial charge in [-0.3, -0.25) is 4.79 Å². The summed E-state index contributed by atoms with van der Waals surface area (Å²) in [7, 11) is 0. The summed E-state index contributed by atoms with van der Waals surface area (Å²) in [4.78, 5) is 63.4. The van der Waals surface area contributed by atoms with Crippen LogP contribution in [0.1, 0.15) is 46.8 Å². The molecule has 4 amide bonds. The molecule has 13 nitrogen and oxygen atoms in total. The van der Waals surface area contributed by atoms with Crippen molar-refractivity contribution in [1.82, 2.24) is 19.7 Å². The molecule has 2 saturated heterocycles. The fraction of sp³-hybridized carbons (Fsp3) is 0.417. The number of nitrogens with one attached hydrogen (secondary N) is 1. The molecule has 3 aliphatic heterocycles. The van der Waals surface area contributed by atoms with Gasteiger partial charge in [-0.25, -0.2) is 19.4 Å². The first-order valence-electron chi connectivity index (χ1n) is 17.3. The van der Waals surface area contributed by atoms with Crippen molar-refractivity contribution in [2.75, 3.05) is 61.8 Å². The molecule has 53 heavy (non-hydrogen) atoms. The minimum absolute atomic E-state index is 0.0160. The Bertz CT molecular complexity index is 1850. The third-order valence-corrected chi connectivity index (χ3v) is 9.95. The minimum atomic E-state index is -4.81. The van der Waals surface area contributed by atoms with Crippen LogP contribution in [0.2, 0.25) is 5.02 Å². The standard InChI is InChI=1S/C36H39ClF3N7O6/c1-2-52-33(49)23-7-8-30(42-20-23)44-13-15-45(16-14-44)32(48)29(19-22-17-26(36(38,39)40)31(41)27(37)18-22)53-35(51)46-11-9-25(10-12-46)47-21-24-5-3-4-6-28(24)43-34(47)50/h3-8,17-18,20,25,29H,2,9-16,19,21,41H2,1H3,(H,43,50)/t29-/m1/s1. The quantitative estimate of drug-likeness (QED) is 0.227. The van der Waals surface area contributed by atoms with Gasteiger partial charge in [0.2, 0.25) is 0 Å². The van der Waals surface area contributed by atoms with Crippen LogP contribution in [-0.4, -0.2) is 102 Å². The van der Waals surface area contributed by atoms with Crippen LogP contribution >= 0.6 is 11.6 Å². The molecule has 17 heteroatoms. The number of ether oxygens (including phenoxy) is 2. The summed E-state index contributed by atoms with van der Waals surface area (Å²) >= 11 is 6.09. The lowest BCUT2D eigenvalue weighted by Crippen LogP contribution is -2.54. The van der Waals surface area contributed by atoms with E-state index in [0.717, 1.165) is 17.3 Å². The highest BCUT2D eigenvalue weighted by molar-refractivity contribution is 6.33. The predicted molar refractivity (Wildman–Crippen MR) is 189 cm³/mol. The number of nitrogens with zero attached hydrogens (tertiary/aromatic N) is 5. The molecule has 2 aromatic carbocycles. The number of alkyl halides is 3. The van der Waals surface area contributed by atoms with Crippen LogP contribution in [0.5, 0.6) is 0 Å². The maximum Gasteiger partial charge on any atom is 0.418 e. The van der Waals surface area contributed by atoms with E-state index in [0.29, 0.717) is 43.9 Å². The van der Waals surface area contributed by atoms with Gasteiger partial charge < -0.3 is 40.1 Å². The number of piperazine rings is 1. The molecular formula is C36H39ClF3N7O6.